The summed E-state index contributed by atoms with van der Waals surface area (Å²) in [6.45, 7) is 3.54. The number of allylic oxidation sites excluding steroid dienone is 1. The van der Waals surface area contributed by atoms with E-state index < -0.39 is 8.38 Å². The Morgan fingerprint density at radius 2 is 2.25 bits per heavy atom. The fraction of sp³-hybridized carbons (Fsp3) is 0.600. The molecular weight excluding hydrogens is 123 g/mol. The summed E-state index contributed by atoms with van der Waals surface area (Å²) in [4.78, 5) is 17.1. The second kappa shape index (κ2) is 2.14. The lowest BCUT2D eigenvalue weighted by atomic mass is 10.4. The third-order valence-electron chi connectivity index (χ3n) is 1.40. The molecule has 0 aromatic heterocycles. The van der Waals surface area contributed by atoms with Crippen LogP contribution in [0, 0.1) is 5.92 Å². The molecule has 1 saturated carbocycles. The summed E-state index contributed by atoms with van der Waals surface area (Å²) in [7, 11) is -1.66. The third-order valence-corrected chi connectivity index (χ3v) is 2.59. The van der Waals surface area contributed by atoms with E-state index in [1.54, 1.807) is 6.08 Å². The van der Waals surface area contributed by atoms with Crippen molar-refractivity contribution in [1.29, 1.82) is 0 Å². The molecule has 1 aliphatic rings. The maximum Gasteiger partial charge on any atom is 0.168 e. The van der Waals surface area contributed by atoms with E-state index in [1.807, 2.05) is 0 Å². The van der Waals surface area contributed by atoms with Gasteiger partial charge < -0.3 is 9.79 Å². The molecule has 2 unspecified atom stereocenters. The summed E-state index contributed by atoms with van der Waals surface area (Å²) in [6, 6.07) is 0. The summed E-state index contributed by atoms with van der Waals surface area (Å²) in [5, 5.41) is 0. The third kappa shape index (κ3) is 1.08. The van der Waals surface area contributed by atoms with Crippen LogP contribution in [0.15, 0.2) is 12.7 Å². The Kier molecular flexibility index (Phi) is 1.66. The molecule has 0 bridgehead atoms. The Morgan fingerprint density at radius 3 is 2.38 bits per heavy atom. The molecular formula is C5H9O2P. The van der Waals surface area contributed by atoms with E-state index in [0.29, 0.717) is 5.92 Å². The quantitative estimate of drug-likeness (QED) is 0.432. The van der Waals surface area contributed by atoms with Crippen LogP contribution in [-0.2, 0) is 0 Å². The molecule has 0 amide bonds. The number of hydrogen-bond donors (Lipinski definition) is 2. The van der Waals surface area contributed by atoms with Crippen LogP contribution >= 0.6 is 8.38 Å². The van der Waals surface area contributed by atoms with Crippen molar-refractivity contribution < 1.29 is 9.79 Å². The molecule has 2 atom stereocenters. The predicted molar refractivity (Wildman–Crippen MR) is 33.4 cm³/mol. The van der Waals surface area contributed by atoms with Crippen LogP contribution in [0.3, 0.4) is 0 Å². The average Bonchev–Trinajstić information content (AvgIpc) is 2.42. The zero-order valence-electron chi connectivity index (χ0n) is 4.49. The highest BCUT2D eigenvalue weighted by Crippen LogP contribution is 2.52. The monoisotopic (exact) mass is 132 g/mol. The molecule has 1 fully saturated rings. The van der Waals surface area contributed by atoms with Gasteiger partial charge in [-0.3, -0.25) is 0 Å². The predicted octanol–water partition coefficient (Wildman–Crippen LogP) is 0.857. The average molecular weight is 132 g/mol. The summed E-state index contributed by atoms with van der Waals surface area (Å²) >= 11 is 0. The van der Waals surface area contributed by atoms with E-state index in [9.17, 15) is 0 Å². The van der Waals surface area contributed by atoms with Crippen LogP contribution in [0.5, 0.6) is 0 Å². The van der Waals surface area contributed by atoms with Gasteiger partial charge in [-0.25, -0.2) is 0 Å². The molecule has 0 aromatic rings. The van der Waals surface area contributed by atoms with Gasteiger partial charge in [0.1, 0.15) is 0 Å². The van der Waals surface area contributed by atoms with Crippen molar-refractivity contribution in [2.24, 2.45) is 5.92 Å². The zero-order chi connectivity index (χ0) is 6.15. The minimum absolute atomic E-state index is 0.141. The normalized spacial score (nSPS) is 35.4. The largest absolute Gasteiger partial charge is 0.350 e. The van der Waals surface area contributed by atoms with Gasteiger partial charge in [-0.05, 0) is 12.3 Å². The first-order valence-electron chi connectivity index (χ1n) is 2.55. The second-order valence-corrected chi connectivity index (χ2v) is 3.33. The second-order valence-electron chi connectivity index (χ2n) is 2.02. The van der Waals surface area contributed by atoms with E-state index in [0.717, 1.165) is 6.42 Å². The van der Waals surface area contributed by atoms with Gasteiger partial charge in [-0.1, -0.05) is 6.08 Å². The minimum atomic E-state index is -1.66. The fourth-order valence-corrected chi connectivity index (χ4v) is 1.62. The van der Waals surface area contributed by atoms with Gasteiger partial charge in [0.15, 0.2) is 8.38 Å². The topological polar surface area (TPSA) is 40.5 Å². The standard InChI is InChI=1S/C5H9O2P/c1-2-4-3-5(4)8(6)7/h2,4-7H,1,3H2. The Balaban J connectivity index is 2.26. The smallest absolute Gasteiger partial charge is 0.168 e. The highest BCUT2D eigenvalue weighted by molar-refractivity contribution is 7.46. The maximum absolute atomic E-state index is 8.57. The molecule has 1 aliphatic carbocycles. The molecule has 1 rings (SSSR count). The van der Waals surface area contributed by atoms with Crippen molar-refractivity contribution in [3.05, 3.63) is 12.7 Å². The van der Waals surface area contributed by atoms with Gasteiger partial charge in [0.2, 0.25) is 0 Å². The van der Waals surface area contributed by atoms with Gasteiger partial charge in [0, 0.05) is 5.66 Å². The van der Waals surface area contributed by atoms with Gasteiger partial charge in [0.05, 0.1) is 0 Å². The van der Waals surface area contributed by atoms with Crippen LogP contribution < -0.4 is 0 Å². The van der Waals surface area contributed by atoms with Gasteiger partial charge in [-0.2, -0.15) is 0 Å². The molecule has 46 valence electrons. The summed E-state index contributed by atoms with van der Waals surface area (Å²) in [5.74, 6) is 0.385. The van der Waals surface area contributed by atoms with Gasteiger partial charge in [-0.15, -0.1) is 6.58 Å². The van der Waals surface area contributed by atoms with E-state index in [4.69, 9.17) is 9.79 Å². The Labute approximate surface area is 49.8 Å². The summed E-state index contributed by atoms with van der Waals surface area (Å²) in [5.41, 5.74) is 0.141. The molecule has 0 heterocycles. The summed E-state index contributed by atoms with van der Waals surface area (Å²) in [6.07, 6.45) is 2.70. The summed E-state index contributed by atoms with van der Waals surface area (Å²) < 4.78 is 0. The van der Waals surface area contributed by atoms with E-state index in [1.165, 1.54) is 0 Å². The van der Waals surface area contributed by atoms with E-state index in [-0.39, 0.29) is 5.66 Å². The highest BCUT2D eigenvalue weighted by atomic mass is 31.2. The molecule has 0 aliphatic heterocycles. The first-order chi connectivity index (χ1) is 3.75. The Bertz CT molecular complexity index is 103. The van der Waals surface area contributed by atoms with Crippen LogP contribution in [-0.4, -0.2) is 15.4 Å². The van der Waals surface area contributed by atoms with Crippen molar-refractivity contribution in [1.82, 2.24) is 0 Å². The van der Waals surface area contributed by atoms with Crippen LogP contribution in [0.4, 0.5) is 0 Å². The first kappa shape index (κ1) is 6.21. The van der Waals surface area contributed by atoms with Crippen molar-refractivity contribution >= 4 is 8.38 Å². The lowest BCUT2D eigenvalue weighted by molar-refractivity contribution is 0.479. The molecule has 0 aromatic carbocycles. The van der Waals surface area contributed by atoms with Crippen molar-refractivity contribution in [3.63, 3.8) is 0 Å². The van der Waals surface area contributed by atoms with E-state index in [2.05, 4.69) is 6.58 Å². The minimum Gasteiger partial charge on any atom is -0.350 e. The molecule has 0 radical (unpaired) electrons. The highest BCUT2D eigenvalue weighted by Gasteiger charge is 2.40. The lowest BCUT2D eigenvalue weighted by Gasteiger charge is -1.94. The SMILES string of the molecule is C=CC1CC1P(O)O. The molecule has 0 saturated heterocycles. The Hall–Kier alpha value is 0.0900. The molecule has 8 heavy (non-hydrogen) atoms. The maximum atomic E-state index is 8.57. The Morgan fingerprint density at radius 1 is 1.62 bits per heavy atom. The molecule has 2 nitrogen and oxygen atoms in total. The first-order valence-corrected chi connectivity index (χ1v) is 3.87. The van der Waals surface area contributed by atoms with E-state index >= 15 is 0 Å². The van der Waals surface area contributed by atoms with Crippen LogP contribution in [0.2, 0.25) is 0 Å². The van der Waals surface area contributed by atoms with Gasteiger partial charge in [0.25, 0.3) is 0 Å². The van der Waals surface area contributed by atoms with Crippen LogP contribution in [0.1, 0.15) is 6.42 Å². The van der Waals surface area contributed by atoms with Crippen molar-refractivity contribution in [2.45, 2.75) is 12.1 Å². The lowest BCUT2D eigenvalue weighted by Crippen LogP contribution is -1.80. The fourth-order valence-electron chi connectivity index (χ4n) is 0.719. The molecule has 3 heteroatoms. The van der Waals surface area contributed by atoms with Crippen molar-refractivity contribution in [2.75, 3.05) is 0 Å². The molecule has 2 N–H and O–H groups in total. The zero-order valence-corrected chi connectivity index (χ0v) is 5.38. The molecule has 0 spiro atoms. The van der Waals surface area contributed by atoms with Crippen LogP contribution in [0.25, 0.3) is 0 Å². The number of hydrogen-bond acceptors (Lipinski definition) is 2. The van der Waals surface area contributed by atoms with Gasteiger partial charge >= 0.3 is 0 Å². The number of rotatable bonds is 2. The van der Waals surface area contributed by atoms with Crippen molar-refractivity contribution in [3.8, 4) is 0 Å².